The number of thioether (sulfide) groups is 1. The first-order valence-electron chi connectivity index (χ1n) is 6.58. The Balaban J connectivity index is 2.17. The number of rotatable bonds is 6. The van der Waals surface area contributed by atoms with E-state index in [0.29, 0.717) is 5.75 Å². The molecule has 8 heteroatoms. The van der Waals surface area contributed by atoms with Crippen LogP contribution in [0.2, 0.25) is 0 Å². The van der Waals surface area contributed by atoms with Crippen LogP contribution in [0.25, 0.3) is 0 Å². The van der Waals surface area contributed by atoms with Crippen molar-refractivity contribution < 1.29 is 17.3 Å². The number of hydrogen-bond donors (Lipinski definition) is 2. The van der Waals surface area contributed by atoms with E-state index in [9.17, 15) is 8.42 Å². The molecule has 0 saturated carbocycles. The highest BCUT2D eigenvalue weighted by Gasteiger charge is 2.16. The quantitative estimate of drug-likeness (QED) is 0.359. The average Bonchev–Trinajstić information content (AvgIpc) is 2.46. The molecule has 0 aromatic heterocycles. The number of aryl methyl sites for hydroxylation is 1. The Labute approximate surface area is 139 Å². The molecule has 0 saturated heterocycles. The Morgan fingerprint density at radius 2 is 1.83 bits per heavy atom. The van der Waals surface area contributed by atoms with Gasteiger partial charge in [-0.2, -0.15) is 8.42 Å². The molecule has 0 aliphatic heterocycles. The molecule has 0 fully saturated rings. The van der Waals surface area contributed by atoms with Gasteiger partial charge in [0, 0.05) is 6.07 Å². The molecule has 0 bridgehead atoms. The van der Waals surface area contributed by atoms with Crippen LogP contribution >= 0.6 is 11.8 Å². The highest BCUT2D eigenvalue weighted by Crippen LogP contribution is 2.26. The first kappa shape index (κ1) is 17.2. The Bertz CT molecular complexity index is 792. The fraction of sp³-hybridized carbons (Fsp3) is 0.133. The average molecular weight is 352 g/mol. The topological polar surface area (TPSA) is 102 Å². The summed E-state index contributed by atoms with van der Waals surface area (Å²) >= 11 is 1.03. The number of hydrogen-bond acceptors (Lipinski definition) is 6. The van der Waals surface area contributed by atoms with Gasteiger partial charge < -0.3 is 14.7 Å². The van der Waals surface area contributed by atoms with Crippen LogP contribution < -0.4 is 14.7 Å². The number of nitrogens with one attached hydrogen (secondary N) is 1. The van der Waals surface area contributed by atoms with Crippen molar-refractivity contribution in [2.45, 2.75) is 11.8 Å². The molecular weight excluding hydrogens is 336 g/mol. The summed E-state index contributed by atoms with van der Waals surface area (Å²) in [6.07, 6.45) is 0. The van der Waals surface area contributed by atoms with E-state index in [1.54, 1.807) is 37.3 Å². The molecule has 2 rings (SSSR count). The summed E-state index contributed by atoms with van der Waals surface area (Å²) in [6, 6.07) is 12.7. The molecule has 6 nitrogen and oxygen atoms in total. The normalized spacial score (nSPS) is 11.0. The lowest BCUT2D eigenvalue weighted by atomic mass is 10.2. The maximum Gasteiger partial charge on any atom is 0.339 e. The van der Waals surface area contributed by atoms with Gasteiger partial charge in [0.1, 0.15) is 22.3 Å². The minimum absolute atomic E-state index is 0.0548. The van der Waals surface area contributed by atoms with Gasteiger partial charge in [-0.25, -0.2) is 0 Å². The van der Waals surface area contributed by atoms with E-state index in [-0.39, 0.29) is 21.8 Å². The molecule has 2 aromatic rings. The van der Waals surface area contributed by atoms with E-state index < -0.39 is 10.1 Å². The SMILES string of the molecule is Cc1cc(OCSC(=N)N)cc(OS(=O)(=O)c2ccccc2)c1. The van der Waals surface area contributed by atoms with E-state index in [0.717, 1.165) is 17.3 Å². The summed E-state index contributed by atoms with van der Waals surface area (Å²) in [7, 11) is -3.90. The van der Waals surface area contributed by atoms with Gasteiger partial charge in [-0.3, -0.25) is 5.41 Å². The molecule has 122 valence electrons. The Morgan fingerprint density at radius 1 is 1.17 bits per heavy atom. The van der Waals surface area contributed by atoms with E-state index >= 15 is 0 Å². The van der Waals surface area contributed by atoms with Crippen LogP contribution in [0.4, 0.5) is 0 Å². The predicted molar refractivity (Wildman–Crippen MR) is 90.4 cm³/mol. The zero-order chi connectivity index (χ0) is 16.9. The predicted octanol–water partition coefficient (Wildman–Crippen LogP) is 2.73. The third kappa shape index (κ3) is 5.19. The number of nitrogens with two attached hydrogens (primary N) is 1. The highest BCUT2D eigenvalue weighted by molar-refractivity contribution is 8.13. The van der Waals surface area contributed by atoms with Gasteiger partial charge in [0.05, 0.1) is 0 Å². The highest BCUT2D eigenvalue weighted by atomic mass is 32.2. The fourth-order valence-corrected chi connectivity index (χ4v) is 3.03. The van der Waals surface area contributed by atoms with Crippen molar-refractivity contribution in [2.75, 3.05) is 5.94 Å². The summed E-state index contributed by atoms with van der Waals surface area (Å²) in [5.74, 6) is 0.762. The molecule has 3 N–H and O–H groups in total. The molecule has 0 aliphatic rings. The molecule has 0 amide bonds. The van der Waals surface area contributed by atoms with E-state index in [2.05, 4.69) is 0 Å². The summed E-state index contributed by atoms with van der Waals surface area (Å²) < 4.78 is 35.0. The van der Waals surface area contributed by atoms with Crippen LogP contribution in [0.1, 0.15) is 5.56 Å². The van der Waals surface area contributed by atoms with E-state index in [1.165, 1.54) is 18.2 Å². The summed E-state index contributed by atoms with van der Waals surface area (Å²) in [6.45, 7) is 1.80. The Morgan fingerprint density at radius 3 is 2.48 bits per heavy atom. The van der Waals surface area contributed by atoms with Gasteiger partial charge in [-0.05, 0) is 48.5 Å². The minimum Gasteiger partial charge on any atom is -0.482 e. The maximum atomic E-state index is 12.2. The standard InChI is InChI=1S/C15H16N2O4S2/c1-11-7-12(20-10-22-15(16)17)9-13(8-11)21-23(18,19)14-5-3-2-4-6-14/h2-9H,10H2,1H3,(H3,16,17). The van der Waals surface area contributed by atoms with Crippen molar-refractivity contribution in [3.63, 3.8) is 0 Å². The molecule has 0 atom stereocenters. The van der Waals surface area contributed by atoms with Crippen molar-refractivity contribution in [1.82, 2.24) is 0 Å². The van der Waals surface area contributed by atoms with Crippen molar-refractivity contribution >= 4 is 27.0 Å². The van der Waals surface area contributed by atoms with Gasteiger partial charge in [0.25, 0.3) is 0 Å². The first-order valence-corrected chi connectivity index (χ1v) is 8.97. The molecule has 2 aromatic carbocycles. The number of ether oxygens (including phenoxy) is 1. The van der Waals surface area contributed by atoms with Crippen molar-refractivity contribution in [2.24, 2.45) is 5.73 Å². The molecule has 0 unspecified atom stereocenters. The van der Waals surface area contributed by atoms with E-state index in [4.69, 9.17) is 20.1 Å². The minimum atomic E-state index is -3.90. The monoisotopic (exact) mass is 352 g/mol. The number of amidine groups is 1. The van der Waals surface area contributed by atoms with Crippen molar-refractivity contribution in [1.29, 1.82) is 5.41 Å². The van der Waals surface area contributed by atoms with Crippen LogP contribution in [0, 0.1) is 12.3 Å². The third-order valence-corrected chi connectivity index (χ3v) is 4.51. The lowest BCUT2D eigenvalue weighted by molar-refractivity contribution is 0.391. The summed E-state index contributed by atoms with van der Waals surface area (Å²) in [5.41, 5.74) is 6.01. The molecular formula is C15H16N2O4S2. The maximum absolute atomic E-state index is 12.2. The molecule has 0 aliphatic carbocycles. The molecule has 0 heterocycles. The molecule has 0 radical (unpaired) electrons. The summed E-state index contributed by atoms with van der Waals surface area (Å²) in [4.78, 5) is 0.0797. The van der Waals surface area contributed by atoms with Crippen LogP contribution in [0.15, 0.2) is 53.4 Å². The largest absolute Gasteiger partial charge is 0.482 e. The lowest BCUT2D eigenvalue weighted by Crippen LogP contribution is -2.10. The van der Waals surface area contributed by atoms with Gasteiger partial charge in [-0.1, -0.05) is 18.2 Å². The fourth-order valence-electron chi connectivity index (χ4n) is 1.77. The summed E-state index contributed by atoms with van der Waals surface area (Å²) in [5, 5.41) is 7.06. The first-order chi connectivity index (χ1) is 10.9. The van der Waals surface area contributed by atoms with Crippen LogP contribution in [-0.4, -0.2) is 19.5 Å². The Kier molecular flexibility index (Phi) is 5.51. The smallest absolute Gasteiger partial charge is 0.339 e. The van der Waals surface area contributed by atoms with Crippen molar-refractivity contribution in [3.8, 4) is 11.5 Å². The van der Waals surface area contributed by atoms with Crippen LogP contribution in [0.3, 0.4) is 0 Å². The van der Waals surface area contributed by atoms with Gasteiger partial charge in [-0.15, -0.1) is 0 Å². The van der Waals surface area contributed by atoms with Gasteiger partial charge >= 0.3 is 10.1 Å². The van der Waals surface area contributed by atoms with Gasteiger partial charge in [0.15, 0.2) is 5.17 Å². The van der Waals surface area contributed by atoms with Crippen LogP contribution in [-0.2, 0) is 10.1 Å². The molecule has 23 heavy (non-hydrogen) atoms. The second kappa shape index (κ2) is 7.38. The second-order valence-electron chi connectivity index (χ2n) is 4.60. The second-order valence-corrected chi connectivity index (χ2v) is 7.11. The zero-order valence-electron chi connectivity index (χ0n) is 12.4. The number of benzene rings is 2. The Hall–Kier alpha value is -2.19. The third-order valence-electron chi connectivity index (χ3n) is 2.70. The van der Waals surface area contributed by atoms with Crippen LogP contribution in [0.5, 0.6) is 11.5 Å². The van der Waals surface area contributed by atoms with Gasteiger partial charge in [0.2, 0.25) is 0 Å². The van der Waals surface area contributed by atoms with Crippen molar-refractivity contribution in [3.05, 3.63) is 54.1 Å². The zero-order valence-corrected chi connectivity index (χ0v) is 14.0. The van der Waals surface area contributed by atoms with E-state index in [1.807, 2.05) is 0 Å². The lowest BCUT2D eigenvalue weighted by Gasteiger charge is -2.11. The molecule has 0 spiro atoms.